The molecule has 0 bridgehead atoms. The molecule has 1 aliphatic rings. The SMILES string of the molecule is CC(=O)c1ccc(NC(=O)CSc2nnc3n(CC(=O)N4CCCC4)c4ccccc4n23)cc1. The predicted octanol–water partition coefficient (Wildman–Crippen LogP) is 3.24. The van der Waals surface area contributed by atoms with E-state index in [-0.39, 0.29) is 29.9 Å². The molecule has 1 saturated heterocycles. The van der Waals surface area contributed by atoms with Crippen molar-refractivity contribution in [3.8, 4) is 0 Å². The number of likely N-dealkylation sites (tertiary alicyclic amines) is 1. The van der Waals surface area contributed by atoms with Crippen LogP contribution in [0.1, 0.15) is 30.1 Å². The first-order chi connectivity index (χ1) is 16.5. The topological polar surface area (TPSA) is 102 Å². The number of thioether (sulfide) groups is 1. The highest BCUT2D eigenvalue weighted by atomic mass is 32.2. The molecule has 0 atom stereocenters. The van der Waals surface area contributed by atoms with E-state index in [9.17, 15) is 14.4 Å². The van der Waals surface area contributed by atoms with Crippen LogP contribution >= 0.6 is 11.8 Å². The van der Waals surface area contributed by atoms with Crippen LogP contribution in [0.5, 0.6) is 0 Å². The number of hydrogen-bond donors (Lipinski definition) is 1. The summed E-state index contributed by atoms with van der Waals surface area (Å²) in [5, 5.41) is 12.1. The van der Waals surface area contributed by atoms with Gasteiger partial charge in [0.15, 0.2) is 10.9 Å². The molecular formula is C24H24N6O3S. The Kier molecular flexibility index (Phi) is 6.06. The summed E-state index contributed by atoms with van der Waals surface area (Å²) in [6, 6.07) is 14.6. The summed E-state index contributed by atoms with van der Waals surface area (Å²) in [7, 11) is 0. The van der Waals surface area contributed by atoms with E-state index in [0.717, 1.165) is 37.0 Å². The molecule has 4 aromatic rings. The molecule has 5 rings (SSSR count). The van der Waals surface area contributed by atoms with Gasteiger partial charge in [0.1, 0.15) is 6.54 Å². The van der Waals surface area contributed by atoms with Crippen molar-refractivity contribution in [2.75, 3.05) is 24.2 Å². The summed E-state index contributed by atoms with van der Waals surface area (Å²) < 4.78 is 3.79. The maximum atomic E-state index is 12.8. The summed E-state index contributed by atoms with van der Waals surface area (Å²) >= 11 is 1.28. The van der Waals surface area contributed by atoms with Crippen molar-refractivity contribution in [1.29, 1.82) is 0 Å². The number of para-hydroxylation sites is 2. The van der Waals surface area contributed by atoms with Gasteiger partial charge in [0, 0.05) is 24.3 Å². The zero-order valence-electron chi connectivity index (χ0n) is 18.7. The third-order valence-electron chi connectivity index (χ3n) is 5.93. The van der Waals surface area contributed by atoms with Gasteiger partial charge in [-0.25, -0.2) is 0 Å². The van der Waals surface area contributed by atoms with Gasteiger partial charge in [0.2, 0.25) is 17.6 Å². The number of anilines is 1. The molecule has 1 N–H and O–H groups in total. The van der Waals surface area contributed by atoms with E-state index in [2.05, 4.69) is 15.5 Å². The minimum atomic E-state index is -0.190. The van der Waals surface area contributed by atoms with Crippen LogP contribution in [0.2, 0.25) is 0 Å². The fraction of sp³-hybridized carbons (Fsp3) is 0.292. The number of carbonyl (C=O) groups is 3. The van der Waals surface area contributed by atoms with Gasteiger partial charge in [0.05, 0.1) is 16.8 Å². The van der Waals surface area contributed by atoms with Gasteiger partial charge in [-0.2, -0.15) is 0 Å². The predicted molar refractivity (Wildman–Crippen MR) is 130 cm³/mol. The number of carbonyl (C=O) groups excluding carboxylic acids is 3. The molecule has 0 saturated carbocycles. The monoisotopic (exact) mass is 476 g/mol. The fourth-order valence-corrected chi connectivity index (χ4v) is 4.94. The molecule has 174 valence electrons. The highest BCUT2D eigenvalue weighted by Crippen LogP contribution is 2.26. The molecule has 2 amide bonds. The lowest BCUT2D eigenvalue weighted by Crippen LogP contribution is -2.31. The lowest BCUT2D eigenvalue weighted by Gasteiger charge is -2.15. The summed E-state index contributed by atoms with van der Waals surface area (Å²) in [4.78, 5) is 38.6. The molecule has 1 aliphatic heterocycles. The van der Waals surface area contributed by atoms with Gasteiger partial charge in [0.25, 0.3) is 0 Å². The second-order valence-electron chi connectivity index (χ2n) is 8.25. The zero-order chi connectivity index (χ0) is 23.7. The Morgan fingerprint density at radius 3 is 2.38 bits per heavy atom. The van der Waals surface area contributed by atoms with Crippen LogP contribution in [0, 0.1) is 0 Å². The van der Waals surface area contributed by atoms with E-state index < -0.39 is 0 Å². The largest absolute Gasteiger partial charge is 0.341 e. The van der Waals surface area contributed by atoms with Crippen LogP contribution in [-0.4, -0.2) is 60.5 Å². The van der Waals surface area contributed by atoms with E-state index in [1.165, 1.54) is 18.7 Å². The Morgan fingerprint density at radius 2 is 1.68 bits per heavy atom. The normalized spacial score (nSPS) is 13.6. The van der Waals surface area contributed by atoms with E-state index in [0.29, 0.717) is 22.2 Å². The minimum absolute atomic E-state index is 0.0226. The zero-order valence-corrected chi connectivity index (χ0v) is 19.5. The number of benzene rings is 2. The summed E-state index contributed by atoms with van der Waals surface area (Å²) in [5.41, 5.74) is 3.01. The summed E-state index contributed by atoms with van der Waals surface area (Å²) in [6.07, 6.45) is 2.09. The maximum absolute atomic E-state index is 12.8. The van der Waals surface area contributed by atoms with Crippen LogP contribution in [0.3, 0.4) is 0 Å². The van der Waals surface area contributed by atoms with E-state index in [1.807, 2.05) is 38.1 Å². The number of hydrogen-bond acceptors (Lipinski definition) is 6. The second-order valence-corrected chi connectivity index (χ2v) is 9.19. The third-order valence-corrected chi connectivity index (χ3v) is 6.86. The maximum Gasteiger partial charge on any atom is 0.242 e. The van der Waals surface area contributed by atoms with Crippen LogP contribution < -0.4 is 5.32 Å². The number of ketones is 1. The van der Waals surface area contributed by atoms with Crippen molar-refractivity contribution in [2.24, 2.45) is 0 Å². The molecule has 2 aromatic carbocycles. The molecule has 34 heavy (non-hydrogen) atoms. The first kappa shape index (κ1) is 22.1. The van der Waals surface area contributed by atoms with Crippen LogP contribution in [0.4, 0.5) is 5.69 Å². The van der Waals surface area contributed by atoms with Gasteiger partial charge in [-0.05, 0) is 56.2 Å². The Labute approximate surface area is 200 Å². The van der Waals surface area contributed by atoms with Crippen molar-refractivity contribution in [3.63, 3.8) is 0 Å². The number of fused-ring (bicyclic) bond motifs is 3. The molecule has 2 aromatic heterocycles. The summed E-state index contributed by atoms with van der Waals surface area (Å²) in [6.45, 7) is 3.31. The Bertz CT molecular complexity index is 1390. The Balaban J connectivity index is 1.34. The average Bonchev–Trinajstić information content (AvgIpc) is 3.57. The lowest BCUT2D eigenvalue weighted by molar-refractivity contribution is -0.130. The van der Waals surface area contributed by atoms with Crippen molar-refractivity contribution < 1.29 is 14.4 Å². The molecule has 1 fully saturated rings. The molecule has 0 radical (unpaired) electrons. The molecule has 9 nitrogen and oxygen atoms in total. The number of nitrogens with one attached hydrogen (secondary N) is 1. The molecular weight excluding hydrogens is 452 g/mol. The molecule has 0 unspecified atom stereocenters. The average molecular weight is 477 g/mol. The van der Waals surface area contributed by atoms with Gasteiger partial charge < -0.3 is 10.2 Å². The van der Waals surface area contributed by atoms with E-state index in [4.69, 9.17) is 0 Å². The van der Waals surface area contributed by atoms with E-state index in [1.54, 1.807) is 24.3 Å². The van der Waals surface area contributed by atoms with E-state index >= 15 is 0 Å². The second kappa shape index (κ2) is 9.30. The molecule has 3 heterocycles. The minimum Gasteiger partial charge on any atom is -0.341 e. The fourth-order valence-electron chi connectivity index (χ4n) is 4.20. The third kappa shape index (κ3) is 4.28. The first-order valence-electron chi connectivity index (χ1n) is 11.1. The number of nitrogens with zero attached hydrogens (tertiary/aromatic N) is 5. The molecule has 0 spiro atoms. The van der Waals surface area contributed by atoms with Crippen molar-refractivity contribution in [3.05, 3.63) is 54.1 Å². The van der Waals surface area contributed by atoms with Gasteiger partial charge >= 0.3 is 0 Å². The van der Waals surface area contributed by atoms with Gasteiger partial charge in [-0.3, -0.25) is 23.4 Å². The number of rotatable bonds is 7. The van der Waals surface area contributed by atoms with Crippen LogP contribution in [0.15, 0.2) is 53.7 Å². The Hall–Kier alpha value is -3.66. The Morgan fingerprint density at radius 1 is 0.971 bits per heavy atom. The van der Waals surface area contributed by atoms with Crippen molar-refractivity contribution in [2.45, 2.75) is 31.5 Å². The van der Waals surface area contributed by atoms with Crippen molar-refractivity contribution >= 4 is 51.9 Å². The van der Waals surface area contributed by atoms with Gasteiger partial charge in [-0.15, -0.1) is 10.2 Å². The van der Waals surface area contributed by atoms with Crippen LogP contribution in [0.25, 0.3) is 16.8 Å². The standard InChI is InChI=1S/C24H24N6O3S/c1-16(31)17-8-10-18(11-9-17)25-21(32)15-34-24-27-26-23-29(14-22(33)28-12-4-5-13-28)19-6-2-3-7-20(19)30(23)24/h2-3,6-11H,4-5,12-15H2,1H3,(H,25,32). The number of imidazole rings is 1. The van der Waals surface area contributed by atoms with Crippen LogP contribution in [-0.2, 0) is 16.1 Å². The highest BCUT2D eigenvalue weighted by molar-refractivity contribution is 7.99. The number of aromatic nitrogens is 4. The van der Waals surface area contributed by atoms with Crippen molar-refractivity contribution in [1.82, 2.24) is 24.1 Å². The first-order valence-corrected chi connectivity index (χ1v) is 12.1. The molecule has 0 aliphatic carbocycles. The smallest absolute Gasteiger partial charge is 0.242 e. The lowest BCUT2D eigenvalue weighted by atomic mass is 10.1. The number of Topliss-reactive ketones (excluding diaryl/α,β-unsaturated/α-hetero) is 1. The van der Waals surface area contributed by atoms with Gasteiger partial charge in [-0.1, -0.05) is 23.9 Å². The number of amides is 2. The quantitative estimate of drug-likeness (QED) is 0.325. The highest BCUT2D eigenvalue weighted by Gasteiger charge is 2.23. The molecule has 10 heteroatoms. The summed E-state index contributed by atoms with van der Waals surface area (Å²) in [5.74, 6) is 0.585.